The normalized spacial score (nSPS) is 10.8. The summed E-state index contributed by atoms with van der Waals surface area (Å²) in [5.74, 6) is 0. The minimum absolute atomic E-state index is 0.0360. The Hall–Kier alpha value is -3.27. The Morgan fingerprint density at radius 1 is 1.21 bits per heavy atom. The number of hydrogen-bond acceptors (Lipinski definition) is 5. The summed E-state index contributed by atoms with van der Waals surface area (Å²) in [6, 6.07) is 8.67. The van der Waals surface area contributed by atoms with E-state index in [1.807, 2.05) is 25.1 Å². The molecule has 3 aromatic heterocycles. The number of aromatic nitrogens is 4. The van der Waals surface area contributed by atoms with Gasteiger partial charge in [-0.1, -0.05) is 6.07 Å². The smallest absolute Gasteiger partial charge is 0.269 e. The van der Waals surface area contributed by atoms with E-state index in [-0.39, 0.29) is 17.7 Å². The van der Waals surface area contributed by atoms with Gasteiger partial charge in [-0.25, -0.2) is 9.67 Å². The molecule has 0 amide bonds. The summed E-state index contributed by atoms with van der Waals surface area (Å²) in [5.41, 5.74) is 2.25. The van der Waals surface area contributed by atoms with Crippen LogP contribution in [0.2, 0.25) is 0 Å². The van der Waals surface area contributed by atoms with Crippen LogP contribution in [-0.2, 0) is 6.54 Å². The first-order valence-corrected chi connectivity index (χ1v) is 7.39. The van der Waals surface area contributed by atoms with E-state index < -0.39 is 5.56 Å². The van der Waals surface area contributed by atoms with Crippen molar-refractivity contribution in [1.29, 1.82) is 5.26 Å². The average Bonchev–Trinajstić information content (AvgIpc) is 2.53. The highest BCUT2D eigenvalue weighted by Gasteiger charge is 2.13. The summed E-state index contributed by atoms with van der Waals surface area (Å²) < 4.78 is 2.68. The van der Waals surface area contributed by atoms with E-state index in [1.165, 1.54) is 15.1 Å². The van der Waals surface area contributed by atoms with Crippen molar-refractivity contribution in [3.8, 4) is 6.07 Å². The number of nitrogens with zero attached hydrogens (tertiary/aromatic N) is 5. The molecule has 0 spiro atoms. The third-order valence-corrected chi connectivity index (χ3v) is 3.99. The van der Waals surface area contributed by atoms with Gasteiger partial charge in [0.1, 0.15) is 17.3 Å². The molecule has 7 nitrogen and oxygen atoms in total. The Morgan fingerprint density at radius 2 is 1.96 bits per heavy atom. The molecule has 0 aliphatic rings. The van der Waals surface area contributed by atoms with Crippen molar-refractivity contribution in [2.24, 2.45) is 0 Å². The molecule has 0 atom stereocenters. The van der Waals surface area contributed by atoms with Gasteiger partial charge in [-0.3, -0.25) is 14.0 Å². The lowest BCUT2D eigenvalue weighted by Crippen LogP contribution is -2.29. The standard InChI is InChI=1S/C17H15N5O2/c1-10-5-4-6-15-19-13(7-16(23)22(10)15)9-21-17(24)14(8-18)11(2)12(3)20-21/h4-7H,9H2,1-3H3. The SMILES string of the molecule is Cc1nn(Cc2cc(=O)n3c(C)cccc3n2)c(=O)c(C#N)c1C. The summed E-state index contributed by atoms with van der Waals surface area (Å²) in [5, 5.41) is 13.4. The van der Waals surface area contributed by atoms with Gasteiger partial charge in [-0.15, -0.1) is 0 Å². The van der Waals surface area contributed by atoms with E-state index >= 15 is 0 Å². The number of nitriles is 1. The second kappa shape index (κ2) is 5.74. The van der Waals surface area contributed by atoms with Gasteiger partial charge < -0.3 is 0 Å². The fourth-order valence-electron chi connectivity index (χ4n) is 2.61. The molecular weight excluding hydrogens is 306 g/mol. The van der Waals surface area contributed by atoms with E-state index in [2.05, 4.69) is 10.1 Å². The molecule has 0 fully saturated rings. The van der Waals surface area contributed by atoms with Gasteiger partial charge in [0.2, 0.25) is 0 Å². The molecule has 0 bridgehead atoms. The van der Waals surface area contributed by atoms with Crippen molar-refractivity contribution >= 4 is 5.65 Å². The van der Waals surface area contributed by atoms with Crippen molar-refractivity contribution in [1.82, 2.24) is 19.2 Å². The monoisotopic (exact) mass is 321 g/mol. The lowest BCUT2D eigenvalue weighted by Gasteiger charge is -2.10. The highest BCUT2D eigenvalue weighted by molar-refractivity contribution is 5.40. The zero-order valence-corrected chi connectivity index (χ0v) is 13.6. The molecule has 0 saturated carbocycles. The van der Waals surface area contributed by atoms with Crippen LogP contribution in [0.15, 0.2) is 33.9 Å². The fourth-order valence-corrected chi connectivity index (χ4v) is 2.61. The number of pyridine rings is 1. The molecule has 120 valence electrons. The topological polar surface area (TPSA) is 93.0 Å². The summed E-state index contributed by atoms with van der Waals surface area (Å²) in [4.78, 5) is 29.1. The van der Waals surface area contributed by atoms with Crippen LogP contribution in [0.4, 0.5) is 0 Å². The molecular formula is C17H15N5O2. The number of hydrogen-bond donors (Lipinski definition) is 0. The highest BCUT2D eigenvalue weighted by atomic mass is 16.1. The minimum Gasteiger partial charge on any atom is -0.269 e. The summed E-state index contributed by atoms with van der Waals surface area (Å²) in [6.45, 7) is 5.28. The molecule has 0 radical (unpaired) electrons. The second-order valence-electron chi connectivity index (χ2n) is 5.61. The predicted molar refractivity (Wildman–Crippen MR) is 88.0 cm³/mol. The Kier molecular flexibility index (Phi) is 3.73. The van der Waals surface area contributed by atoms with E-state index in [1.54, 1.807) is 19.9 Å². The Labute approximate surface area is 137 Å². The van der Waals surface area contributed by atoms with Crippen molar-refractivity contribution < 1.29 is 0 Å². The molecule has 0 saturated heterocycles. The van der Waals surface area contributed by atoms with Gasteiger partial charge in [0.25, 0.3) is 11.1 Å². The number of fused-ring (bicyclic) bond motifs is 1. The maximum Gasteiger partial charge on any atom is 0.285 e. The van der Waals surface area contributed by atoms with Crippen LogP contribution in [0.25, 0.3) is 5.65 Å². The molecule has 3 rings (SSSR count). The van der Waals surface area contributed by atoms with Crippen molar-refractivity contribution in [2.75, 3.05) is 0 Å². The Morgan fingerprint density at radius 3 is 2.67 bits per heavy atom. The average molecular weight is 321 g/mol. The van der Waals surface area contributed by atoms with Crippen LogP contribution in [-0.4, -0.2) is 19.2 Å². The first-order valence-electron chi connectivity index (χ1n) is 7.39. The Balaban J connectivity index is 2.15. The van der Waals surface area contributed by atoms with Crippen LogP contribution >= 0.6 is 0 Å². The minimum atomic E-state index is -0.480. The van der Waals surface area contributed by atoms with Gasteiger partial charge in [-0.2, -0.15) is 10.4 Å². The maximum atomic E-state index is 12.3. The maximum absolute atomic E-state index is 12.3. The molecule has 0 unspecified atom stereocenters. The molecule has 7 heteroatoms. The van der Waals surface area contributed by atoms with E-state index in [0.717, 1.165) is 5.69 Å². The number of rotatable bonds is 2. The van der Waals surface area contributed by atoms with Gasteiger partial charge in [0.05, 0.1) is 17.9 Å². The van der Waals surface area contributed by atoms with E-state index in [4.69, 9.17) is 0 Å². The first kappa shape index (κ1) is 15.6. The highest BCUT2D eigenvalue weighted by Crippen LogP contribution is 2.07. The number of aryl methyl sites for hydroxylation is 2. The van der Waals surface area contributed by atoms with Gasteiger partial charge in [0.15, 0.2) is 0 Å². The molecule has 0 aliphatic heterocycles. The molecule has 0 aromatic carbocycles. The molecule has 24 heavy (non-hydrogen) atoms. The van der Waals surface area contributed by atoms with Crippen LogP contribution in [0.5, 0.6) is 0 Å². The van der Waals surface area contributed by atoms with E-state index in [0.29, 0.717) is 22.6 Å². The van der Waals surface area contributed by atoms with Gasteiger partial charge in [0, 0.05) is 11.8 Å². The molecule has 3 aromatic rings. The lowest BCUT2D eigenvalue weighted by molar-refractivity contribution is 0.612. The zero-order valence-electron chi connectivity index (χ0n) is 13.6. The van der Waals surface area contributed by atoms with Crippen molar-refractivity contribution in [2.45, 2.75) is 27.3 Å². The first-order chi connectivity index (χ1) is 11.4. The second-order valence-corrected chi connectivity index (χ2v) is 5.61. The summed E-state index contributed by atoms with van der Waals surface area (Å²) in [6.07, 6.45) is 0. The zero-order chi connectivity index (χ0) is 17.4. The third-order valence-electron chi connectivity index (χ3n) is 3.99. The van der Waals surface area contributed by atoms with Crippen LogP contribution < -0.4 is 11.1 Å². The van der Waals surface area contributed by atoms with Gasteiger partial charge in [-0.05, 0) is 38.5 Å². The fraction of sp³-hybridized carbons (Fsp3) is 0.235. The van der Waals surface area contributed by atoms with Crippen LogP contribution in [0.3, 0.4) is 0 Å². The molecule has 0 N–H and O–H groups in total. The third kappa shape index (κ3) is 2.48. The summed E-state index contributed by atoms with van der Waals surface area (Å²) in [7, 11) is 0. The summed E-state index contributed by atoms with van der Waals surface area (Å²) >= 11 is 0. The van der Waals surface area contributed by atoms with Crippen LogP contribution in [0, 0.1) is 32.1 Å². The van der Waals surface area contributed by atoms with Crippen molar-refractivity contribution in [3.05, 3.63) is 73.2 Å². The van der Waals surface area contributed by atoms with Crippen LogP contribution in [0.1, 0.15) is 28.2 Å². The predicted octanol–water partition coefficient (Wildman–Crippen LogP) is 1.10. The van der Waals surface area contributed by atoms with E-state index in [9.17, 15) is 14.9 Å². The van der Waals surface area contributed by atoms with Gasteiger partial charge >= 0.3 is 0 Å². The lowest BCUT2D eigenvalue weighted by atomic mass is 10.1. The van der Waals surface area contributed by atoms with Crippen molar-refractivity contribution in [3.63, 3.8) is 0 Å². The molecule has 3 heterocycles. The quantitative estimate of drug-likeness (QED) is 0.704. The molecule has 0 aliphatic carbocycles. The largest absolute Gasteiger partial charge is 0.285 e. The Bertz CT molecular complexity index is 1120.